The Hall–Kier alpha value is -0.930. The number of ether oxygens (including phenoxy) is 1. The molecule has 1 saturated heterocycles. The van der Waals surface area contributed by atoms with E-state index in [0.717, 1.165) is 35.8 Å². The minimum Gasteiger partial charge on any atom is -0.380 e. The van der Waals surface area contributed by atoms with Crippen LogP contribution < -0.4 is 10.2 Å². The van der Waals surface area contributed by atoms with Crippen LogP contribution in [0.1, 0.15) is 26.7 Å². The first-order valence-electron chi connectivity index (χ1n) is 6.75. The zero-order valence-electron chi connectivity index (χ0n) is 12.2. The molecule has 0 spiro atoms. The van der Waals surface area contributed by atoms with E-state index in [1.807, 2.05) is 26.2 Å². The molecule has 0 aromatic heterocycles. The number of para-hydroxylation sites is 1. The Bertz CT molecular complexity index is 446. The highest BCUT2D eigenvalue weighted by Crippen LogP contribution is 2.35. The molecule has 2 rings (SSSR count). The minimum absolute atomic E-state index is 0.0488. The van der Waals surface area contributed by atoms with Gasteiger partial charge in [0.25, 0.3) is 0 Å². The van der Waals surface area contributed by atoms with E-state index in [1.54, 1.807) is 0 Å². The van der Waals surface area contributed by atoms with Crippen molar-refractivity contribution in [2.75, 3.05) is 30.9 Å². The van der Waals surface area contributed by atoms with Gasteiger partial charge in [-0.25, -0.2) is 0 Å². The second-order valence-corrected chi connectivity index (χ2v) is 6.38. The van der Waals surface area contributed by atoms with Gasteiger partial charge in [-0.15, -0.1) is 0 Å². The number of rotatable bonds is 3. The van der Waals surface area contributed by atoms with Crippen LogP contribution in [0.2, 0.25) is 5.02 Å². The lowest BCUT2D eigenvalue weighted by molar-refractivity contribution is -0.0553. The van der Waals surface area contributed by atoms with Crippen LogP contribution in [0.3, 0.4) is 0 Å². The van der Waals surface area contributed by atoms with Gasteiger partial charge in [-0.05, 0) is 38.8 Å². The maximum absolute atomic E-state index is 6.29. The van der Waals surface area contributed by atoms with Gasteiger partial charge in [0.2, 0.25) is 0 Å². The van der Waals surface area contributed by atoms with Crippen LogP contribution in [-0.2, 0) is 4.74 Å². The van der Waals surface area contributed by atoms with Gasteiger partial charge in [0.1, 0.15) is 0 Å². The normalized spacial score (nSPS) is 22.1. The zero-order valence-corrected chi connectivity index (χ0v) is 12.9. The van der Waals surface area contributed by atoms with Gasteiger partial charge in [0.15, 0.2) is 0 Å². The third kappa shape index (κ3) is 3.54. The van der Waals surface area contributed by atoms with E-state index < -0.39 is 0 Å². The third-order valence-corrected chi connectivity index (χ3v) is 3.80. The third-order valence-electron chi connectivity index (χ3n) is 3.49. The fraction of sp³-hybridized carbons (Fsp3) is 0.600. The van der Waals surface area contributed by atoms with Gasteiger partial charge in [-0.1, -0.05) is 17.7 Å². The lowest BCUT2D eigenvalue weighted by Gasteiger charge is -2.37. The minimum atomic E-state index is -0.0488. The number of hydrogen-bond acceptors (Lipinski definition) is 3. The molecule has 1 aromatic rings. The average Bonchev–Trinajstić information content (AvgIpc) is 2.26. The van der Waals surface area contributed by atoms with Gasteiger partial charge < -0.3 is 15.0 Å². The maximum Gasteiger partial charge on any atom is 0.0786 e. The molecule has 1 fully saturated rings. The first kappa shape index (κ1) is 14.5. The molecule has 106 valence electrons. The Kier molecular flexibility index (Phi) is 4.26. The maximum atomic E-state index is 6.29. The van der Waals surface area contributed by atoms with Crippen LogP contribution >= 0.6 is 11.6 Å². The number of benzene rings is 1. The molecule has 1 unspecified atom stereocenters. The summed E-state index contributed by atoms with van der Waals surface area (Å²) in [5.41, 5.74) is 2.10. The van der Waals surface area contributed by atoms with Crippen molar-refractivity contribution in [3.8, 4) is 0 Å². The van der Waals surface area contributed by atoms with Crippen LogP contribution in [0.4, 0.5) is 11.4 Å². The zero-order chi connectivity index (χ0) is 14.0. The van der Waals surface area contributed by atoms with Gasteiger partial charge in [0.05, 0.1) is 22.0 Å². The predicted molar refractivity (Wildman–Crippen MR) is 82.5 cm³/mol. The first-order chi connectivity index (χ1) is 8.89. The second-order valence-electron chi connectivity index (χ2n) is 5.97. The van der Waals surface area contributed by atoms with Crippen LogP contribution in [0.25, 0.3) is 0 Å². The van der Waals surface area contributed by atoms with E-state index in [9.17, 15) is 0 Å². The summed E-state index contributed by atoms with van der Waals surface area (Å²) in [7, 11) is 4.03. The fourth-order valence-electron chi connectivity index (χ4n) is 2.66. The SMILES string of the molecule is CN(C)c1c(Cl)cccc1NC1CCOC(C)(C)C1. The van der Waals surface area contributed by atoms with Crippen LogP contribution in [0, 0.1) is 0 Å². The molecule has 1 N–H and O–H groups in total. The van der Waals surface area contributed by atoms with Crippen molar-refractivity contribution in [3.63, 3.8) is 0 Å². The van der Waals surface area contributed by atoms with Gasteiger partial charge >= 0.3 is 0 Å². The molecule has 4 heteroatoms. The number of anilines is 2. The quantitative estimate of drug-likeness (QED) is 0.913. The summed E-state index contributed by atoms with van der Waals surface area (Å²) in [5, 5.41) is 4.40. The number of halogens is 1. The topological polar surface area (TPSA) is 24.5 Å². The van der Waals surface area contributed by atoms with Gasteiger partial charge in [-0.2, -0.15) is 0 Å². The largest absolute Gasteiger partial charge is 0.380 e. The molecule has 1 aliphatic rings. The molecule has 1 aromatic carbocycles. The summed E-state index contributed by atoms with van der Waals surface area (Å²) in [5.74, 6) is 0. The van der Waals surface area contributed by atoms with Crippen LogP contribution in [-0.4, -0.2) is 32.3 Å². The molecular formula is C15H23ClN2O. The summed E-state index contributed by atoms with van der Waals surface area (Å²) in [6.45, 7) is 5.10. The van der Waals surface area contributed by atoms with Crippen molar-refractivity contribution >= 4 is 23.0 Å². The van der Waals surface area contributed by atoms with E-state index in [4.69, 9.17) is 16.3 Å². The number of hydrogen-bond donors (Lipinski definition) is 1. The standard InChI is InChI=1S/C15H23ClN2O/c1-15(2)10-11(8-9-19-15)17-13-7-5-6-12(16)14(13)18(3)4/h5-7,11,17H,8-10H2,1-4H3. The Labute approximate surface area is 120 Å². The van der Waals surface area contributed by atoms with E-state index in [0.29, 0.717) is 6.04 Å². The van der Waals surface area contributed by atoms with Crippen molar-refractivity contribution in [1.29, 1.82) is 0 Å². The number of nitrogens with one attached hydrogen (secondary N) is 1. The molecule has 0 bridgehead atoms. The highest BCUT2D eigenvalue weighted by atomic mass is 35.5. The van der Waals surface area contributed by atoms with Crippen molar-refractivity contribution in [1.82, 2.24) is 0 Å². The lowest BCUT2D eigenvalue weighted by atomic mass is 9.93. The summed E-state index contributed by atoms with van der Waals surface area (Å²) < 4.78 is 5.76. The van der Waals surface area contributed by atoms with Crippen molar-refractivity contribution in [2.45, 2.75) is 38.3 Å². The Morgan fingerprint density at radius 3 is 2.74 bits per heavy atom. The second kappa shape index (κ2) is 5.59. The van der Waals surface area contributed by atoms with Gasteiger partial charge in [-0.3, -0.25) is 0 Å². The molecule has 0 saturated carbocycles. The summed E-state index contributed by atoms with van der Waals surface area (Å²) in [6, 6.07) is 6.43. The lowest BCUT2D eigenvalue weighted by Crippen LogP contribution is -2.40. The average molecular weight is 283 g/mol. The molecule has 0 aliphatic carbocycles. The molecule has 0 amide bonds. The van der Waals surface area contributed by atoms with Crippen molar-refractivity contribution in [2.24, 2.45) is 0 Å². The highest BCUT2D eigenvalue weighted by Gasteiger charge is 2.29. The van der Waals surface area contributed by atoms with Crippen LogP contribution in [0.15, 0.2) is 18.2 Å². The Balaban J connectivity index is 2.17. The van der Waals surface area contributed by atoms with E-state index in [1.165, 1.54) is 0 Å². The molecule has 1 heterocycles. The highest BCUT2D eigenvalue weighted by molar-refractivity contribution is 6.34. The molecule has 1 aliphatic heterocycles. The summed E-state index contributed by atoms with van der Waals surface area (Å²) >= 11 is 6.29. The summed E-state index contributed by atoms with van der Waals surface area (Å²) in [6.07, 6.45) is 2.04. The van der Waals surface area contributed by atoms with Crippen LogP contribution in [0.5, 0.6) is 0 Å². The molecule has 19 heavy (non-hydrogen) atoms. The van der Waals surface area contributed by atoms with Gasteiger partial charge in [0, 0.05) is 26.7 Å². The smallest absolute Gasteiger partial charge is 0.0786 e. The Morgan fingerprint density at radius 2 is 2.11 bits per heavy atom. The molecular weight excluding hydrogens is 260 g/mol. The van der Waals surface area contributed by atoms with E-state index >= 15 is 0 Å². The molecule has 1 atom stereocenters. The molecule has 0 radical (unpaired) electrons. The summed E-state index contributed by atoms with van der Waals surface area (Å²) in [4.78, 5) is 2.05. The van der Waals surface area contributed by atoms with E-state index in [-0.39, 0.29) is 5.60 Å². The predicted octanol–water partition coefficient (Wildman–Crippen LogP) is 3.78. The fourth-order valence-corrected chi connectivity index (χ4v) is 3.00. The van der Waals surface area contributed by atoms with Crippen molar-refractivity contribution < 1.29 is 4.74 Å². The van der Waals surface area contributed by atoms with E-state index in [2.05, 4.69) is 30.1 Å². The molecule has 3 nitrogen and oxygen atoms in total. The van der Waals surface area contributed by atoms with Crippen molar-refractivity contribution in [3.05, 3.63) is 23.2 Å². The number of nitrogens with zero attached hydrogens (tertiary/aromatic N) is 1. The monoisotopic (exact) mass is 282 g/mol. The Morgan fingerprint density at radius 1 is 1.37 bits per heavy atom. The first-order valence-corrected chi connectivity index (χ1v) is 7.13.